The normalized spacial score (nSPS) is 11.3. The van der Waals surface area contributed by atoms with E-state index in [2.05, 4.69) is 15.0 Å². The Bertz CT molecular complexity index is 1260. The third-order valence-electron chi connectivity index (χ3n) is 4.11. The van der Waals surface area contributed by atoms with Gasteiger partial charge in [-0.2, -0.15) is 0 Å². The summed E-state index contributed by atoms with van der Waals surface area (Å²) >= 11 is 0. The molecule has 146 valence electrons. The first kappa shape index (κ1) is 18.7. The number of sulfonamides is 1. The molecule has 1 heterocycles. The maximum atomic E-state index is 12.5. The first-order valence-corrected chi connectivity index (χ1v) is 10.6. The molecule has 0 unspecified atom stereocenters. The zero-order chi connectivity index (χ0) is 20.4. The maximum absolute atomic E-state index is 12.5. The van der Waals surface area contributed by atoms with Crippen molar-refractivity contribution in [3.05, 3.63) is 78.4 Å². The van der Waals surface area contributed by atoms with Crippen LogP contribution in [0.2, 0.25) is 0 Å². The van der Waals surface area contributed by atoms with Crippen molar-refractivity contribution in [3.8, 4) is 11.5 Å². The minimum absolute atomic E-state index is 0.325. The average Bonchev–Trinajstić information content (AvgIpc) is 3.11. The van der Waals surface area contributed by atoms with Crippen LogP contribution in [0.3, 0.4) is 0 Å². The summed E-state index contributed by atoms with van der Waals surface area (Å²) < 4.78 is 30.8. The SMILES string of the molecule is CS(=O)(=O)Nc1cccc(C(=O)Nc2ccc(-c3nc4ccccc4o3)cc2)c1. The van der Waals surface area contributed by atoms with Gasteiger partial charge in [-0.15, -0.1) is 0 Å². The Labute approximate surface area is 167 Å². The van der Waals surface area contributed by atoms with Crippen LogP contribution in [-0.2, 0) is 10.0 Å². The highest BCUT2D eigenvalue weighted by Gasteiger charge is 2.11. The first-order chi connectivity index (χ1) is 13.9. The van der Waals surface area contributed by atoms with Gasteiger partial charge in [0.15, 0.2) is 5.58 Å². The Morgan fingerprint density at radius 1 is 0.931 bits per heavy atom. The smallest absolute Gasteiger partial charge is 0.255 e. The van der Waals surface area contributed by atoms with Crippen LogP contribution >= 0.6 is 0 Å². The summed E-state index contributed by atoms with van der Waals surface area (Å²) in [4.78, 5) is 16.9. The predicted octanol–water partition coefficient (Wildman–Crippen LogP) is 4.12. The van der Waals surface area contributed by atoms with E-state index >= 15 is 0 Å². The Balaban J connectivity index is 1.50. The van der Waals surface area contributed by atoms with Crippen LogP contribution in [0.5, 0.6) is 0 Å². The van der Waals surface area contributed by atoms with E-state index in [1.165, 1.54) is 6.07 Å². The van der Waals surface area contributed by atoms with Gasteiger partial charge >= 0.3 is 0 Å². The zero-order valence-corrected chi connectivity index (χ0v) is 16.2. The number of nitrogens with one attached hydrogen (secondary N) is 2. The van der Waals surface area contributed by atoms with Gasteiger partial charge in [-0.3, -0.25) is 9.52 Å². The summed E-state index contributed by atoms with van der Waals surface area (Å²) in [7, 11) is -3.42. The average molecular weight is 407 g/mol. The third-order valence-corrected chi connectivity index (χ3v) is 4.72. The van der Waals surface area contributed by atoms with Gasteiger partial charge in [-0.1, -0.05) is 18.2 Å². The van der Waals surface area contributed by atoms with Crippen LogP contribution in [0.4, 0.5) is 11.4 Å². The van der Waals surface area contributed by atoms with Gasteiger partial charge in [0.05, 0.1) is 6.26 Å². The van der Waals surface area contributed by atoms with E-state index in [0.29, 0.717) is 28.4 Å². The molecular weight excluding hydrogens is 390 g/mol. The number of aromatic nitrogens is 1. The van der Waals surface area contributed by atoms with E-state index < -0.39 is 10.0 Å². The molecule has 4 aromatic rings. The highest BCUT2D eigenvalue weighted by molar-refractivity contribution is 7.92. The topological polar surface area (TPSA) is 101 Å². The molecule has 2 N–H and O–H groups in total. The second-order valence-electron chi connectivity index (χ2n) is 6.47. The van der Waals surface area contributed by atoms with E-state index in [-0.39, 0.29) is 5.91 Å². The number of oxazole rings is 1. The molecule has 0 saturated heterocycles. The van der Waals surface area contributed by atoms with Crippen molar-refractivity contribution in [2.45, 2.75) is 0 Å². The molecule has 0 aliphatic rings. The largest absolute Gasteiger partial charge is 0.436 e. The summed E-state index contributed by atoms with van der Waals surface area (Å²) in [6.07, 6.45) is 1.05. The lowest BCUT2D eigenvalue weighted by Gasteiger charge is -2.08. The van der Waals surface area contributed by atoms with Gasteiger partial charge in [-0.25, -0.2) is 13.4 Å². The number of carbonyl (C=O) groups excluding carboxylic acids is 1. The monoisotopic (exact) mass is 407 g/mol. The summed E-state index contributed by atoms with van der Waals surface area (Å²) in [5.41, 5.74) is 3.54. The molecule has 0 aliphatic carbocycles. The van der Waals surface area contributed by atoms with Gasteiger partial charge in [0, 0.05) is 22.5 Å². The highest BCUT2D eigenvalue weighted by atomic mass is 32.2. The Kier molecular flexibility index (Phi) is 4.77. The lowest BCUT2D eigenvalue weighted by molar-refractivity contribution is 0.102. The van der Waals surface area contributed by atoms with E-state index in [9.17, 15) is 13.2 Å². The molecule has 29 heavy (non-hydrogen) atoms. The number of carbonyl (C=O) groups is 1. The molecule has 0 radical (unpaired) electrons. The van der Waals surface area contributed by atoms with Crippen molar-refractivity contribution in [1.82, 2.24) is 4.98 Å². The summed E-state index contributed by atoms with van der Waals surface area (Å²) in [5.74, 6) is 0.153. The Morgan fingerprint density at radius 2 is 1.69 bits per heavy atom. The van der Waals surface area contributed by atoms with Crippen LogP contribution in [0, 0.1) is 0 Å². The second-order valence-corrected chi connectivity index (χ2v) is 8.22. The lowest BCUT2D eigenvalue weighted by atomic mass is 10.1. The van der Waals surface area contributed by atoms with Crippen molar-refractivity contribution in [1.29, 1.82) is 0 Å². The molecular formula is C21H17N3O4S. The number of nitrogens with zero attached hydrogens (tertiary/aromatic N) is 1. The van der Waals surface area contributed by atoms with Crippen molar-refractivity contribution in [2.75, 3.05) is 16.3 Å². The van der Waals surface area contributed by atoms with Crippen LogP contribution in [0.1, 0.15) is 10.4 Å². The molecule has 1 aromatic heterocycles. The number of amides is 1. The molecule has 0 atom stereocenters. The molecule has 7 nitrogen and oxygen atoms in total. The van der Waals surface area contributed by atoms with Gasteiger partial charge in [0.2, 0.25) is 15.9 Å². The number of anilines is 2. The number of benzene rings is 3. The molecule has 4 rings (SSSR count). The molecule has 0 bridgehead atoms. The fourth-order valence-electron chi connectivity index (χ4n) is 2.83. The Morgan fingerprint density at radius 3 is 2.41 bits per heavy atom. The predicted molar refractivity (Wildman–Crippen MR) is 112 cm³/mol. The van der Waals surface area contributed by atoms with Crippen molar-refractivity contribution in [3.63, 3.8) is 0 Å². The molecule has 0 fully saturated rings. The molecule has 0 spiro atoms. The van der Waals surface area contributed by atoms with Gasteiger partial charge in [0.1, 0.15) is 5.52 Å². The number of hydrogen-bond acceptors (Lipinski definition) is 5. The van der Waals surface area contributed by atoms with Crippen LogP contribution < -0.4 is 10.0 Å². The minimum Gasteiger partial charge on any atom is -0.436 e. The molecule has 0 aliphatic heterocycles. The van der Waals surface area contributed by atoms with Crippen LogP contribution in [0.15, 0.2) is 77.2 Å². The van der Waals surface area contributed by atoms with Gasteiger partial charge < -0.3 is 9.73 Å². The first-order valence-electron chi connectivity index (χ1n) is 8.73. The maximum Gasteiger partial charge on any atom is 0.255 e. The van der Waals surface area contributed by atoms with Crippen molar-refractivity contribution >= 4 is 38.4 Å². The molecule has 8 heteroatoms. The summed E-state index contributed by atoms with van der Waals surface area (Å²) in [6.45, 7) is 0. The van der Waals surface area contributed by atoms with Gasteiger partial charge in [-0.05, 0) is 54.6 Å². The molecule has 0 saturated carbocycles. The lowest BCUT2D eigenvalue weighted by Crippen LogP contribution is -2.13. The number of para-hydroxylation sites is 2. The van der Waals surface area contributed by atoms with Gasteiger partial charge in [0.25, 0.3) is 5.91 Å². The fraction of sp³-hybridized carbons (Fsp3) is 0.0476. The van der Waals surface area contributed by atoms with E-state index in [1.54, 1.807) is 30.3 Å². The van der Waals surface area contributed by atoms with Crippen molar-refractivity contribution in [2.24, 2.45) is 0 Å². The zero-order valence-electron chi connectivity index (χ0n) is 15.4. The Hall–Kier alpha value is -3.65. The van der Waals surface area contributed by atoms with E-state index in [4.69, 9.17) is 4.42 Å². The molecule has 3 aromatic carbocycles. The highest BCUT2D eigenvalue weighted by Crippen LogP contribution is 2.25. The van der Waals surface area contributed by atoms with E-state index in [1.807, 2.05) is 36.4 Å². The number of hydrogen-bond donors (Lipinski definition) is 2. The summed E-state index contributed by atoms with van der Waals surface area (Å²) in [6, 6.07) is 20.9. The second kappa shape index (κ2) is 7.40. The minimum atomic E-state index is -3.42. The number of fused-ring (bicyclic) bond motifs is 1. The summed E-state index contributed by atoms with van der Waals surface area (Å²) in [5, 5.41) is 2.79. The number of rotatable bonds is 5. The van der Waals surface area contributed by atoms with Crippen LogP contribution in [0.25, 0.3) is 22.6 Å². The van der Waals surface area contributed by atoms with Crippen molar-refractivity contribution < 1.29 is 17.6 Å². The standard InChI is InChI=1S/C21H17N3O4S/c1-29(26,27)24-17-6-4-5-15(13-17)20(25)22-16-11-9-14(10-12-16)21-23-18-7-2-3-8-19(18)28-21/h2-13,24H,1H3,(H,22,25). The van der Waals surface area contributed by atoms with E-state index in [0.717, 1.165) is 17.3 Å². The van der Waals surface area contributed by atoms with Crippen LogP contribution in [-0.4, -0.2) is 25.6 Å². The third kappa shape index (κ3) is 4.44. The quantitative estimate of drug-likeness (QED) is 0.518. The fourth-order valence-corrected chi connectivity index (χ4v) is 3.39. The molecule has 1 amide bonds.